The van der Waals surface area contributed by atoms with Gasteiger partial charge in [-0.2, -0.15) is 0 Å². The molecule has 272 valence electrons. The number of halogens is 1. The molecule has 0 bridgehead atoms. The van der Waals surface area contributed by atoms with Crippen molar-refractivity contribution in [2.45, 2.75) is 88.6 Å². The summed E-state index contributed by atoms with van der Waals surface area (Å²) in [5, 5.41) is 9.43. The van der Waals surface area contributed by atoms with E-state index >= 15 is 0 Å². The van der Waals surface area contributed by atoms with E-state index in [1.54, 1.807) is 12.1 Å². The van der Waals surface area contributed by atoms with E-state index in [0.29, 0.717) is 52.6 Å². The minimum absolute atomic E-state index is 0.0557. The second kappa shape index (κ2) is 14.3. The Bertz CT molecular complexity index is 2000. The highest BCUT2D eigenvalue weighted by atomic mass is 35.5. The number of hydrogen-bond acceptors (Lipinski definition) is 8. The number of nitrogens with zero attached hydrogens (tertiary/aromatic N) is 4. The molecule has 1 unspecified atom stereocenters. The van der Waals surface area contributed by atoms with Crippen molar-refractivity contribution in [2.75, 3.05) is 23.3 Å². The third-order valence-corrected chi connectivity index (χ3v) is 11.8. The summed E-state index contributed by atoms with van der Waals surface area (Å²) in [5.74, 6) is -1.99. The zero-order chi connectivity index (χ0) is 36.8. The number of benzene rings is 3. The number of amides is 5. The molecule has 3 fully saturated rings. The fourth-order valence-electron chi connectivity index (χ4n) is 8.54. The number of carbonyl (C=O) groups excluding carboxylic acids is 5. The monoisotopic (exact) mass is 733 g/mol. The van der Waals surface area contributed by atoms with Gasteiger partial charge in [0.25, 0.3) is 17.7 Å². The molecule has 5 aliphatic rings. The summed E-state index contributed by atoms with van der Waals surface area (Å²) >= 11 is 6.19. The number of nitrogens with one attached hydrogen (secondary N) is 3. The molecule has 3 aromatic carbocycles. The molecule has 13 heteroatoms. The van der Waals surface area contributed by atoms with E-state index in [-0.39, 0.29) is 30.7 Å². The van der Waals surface area contributed by atoms with Crippen molar-refractivity contribution >= 4 is 58.2 Å². The maximum absolute atomic E-state index is 13.3. The molecule has 0 aromatic heterocycles. The predicted molar refractivity (Wildman–Crippen MR) is 199 cm³/mol. The van der Waals surface area contributed by atoms with Crippen LogP contribution < -0.4 is 20.9 Å². The Morgan fingerprint density at radius 1 is 0.811 bits per heavy atom. The Balaban J connectivity index is 0.802. The van der Waals surface area contributed by atoms with Crippen LogP contribution in [-0.2, 0) is 22.7 Å². The van der Waals surface area contributed by atoms with E-state index in [1.807, 2.05) is 42.5 Å². The zero-order valence-electron chi connectivity index (χ0n) is 29.2. The van der Waals surface area contributed by atoms with E-state index < -0.39 is 23.8 Å². The average molecular weight is 734 g/mol. The second-order valence-electron chi connectivity index (χ2n) is 14.7. The quantitative estimate of drug-likeness (QED) is 0.216. The Morgan fingerprint density at radius 3 is 2.06 bits per heavy atom. The third-order valence-electron chi connectivity index (χ3n) is 11.5. The smallest absolute Gasteiger partial charge is 0.262 e. The first kappa shape index (κ1) is 34.8. The first-order chi connectivity index (χ1) is 25.6. The van der Waals surface area contributed by atoms with Crippen LogP contribution >= 0.6 is 11.6 Å². The van der Waals surface area contributed by atoms with Gasteiger partial charge in [-0.3, -0.25) is 39.1 Å². The number of anilines is 2. The Labute approximate surface area is 312 Å². The van der Waals surface area contributed by atoms with Gasteiger partial charge in [0.2, 0.25) is 17.5 Å². The maximum Gasteiger partial charge on any atom is 0.262 e. The lowest BCUT2D eigenvalue weighted by atomic mass is 9.90. The van der Waals surface area contributed by atoms with Crippen LogP contribution in [0.3, 0.4) is 0 Å². The first-order valence-corrected chi connectivity index (χ1v) is 18.7. The molecule has 1 atom stereocenters. The van der Waals surface area contributed by atoms with Crippen molar-refractivity contribution in [3.8, 4) is 0 Å². The first-order valence-electron chi connectivity index (χ1n) is 18.4. The molecule has 0 radical (unpaired) electrons. The molecule has 4 aliphatic heterocycles. The number of carbonyl (C=O) groups is 5. The summed E-state index contributed by atoms with van der Waals surface area (Å²) in [4.78, 5) is 73.0. The van der Waals surface area contributed by atoms with Gasteiger partial charge < -0.3 is 15.5 Å². The normalized spacial score (nSPS) is 23.4. The summed E-state index contributed by atoms with van der Waals surface area (Å²) in [7, 11) is 0. The fourth-order valence-corrected chi connectivity index (χ4v) is 8.76. The molecule has 53 heavy (non-hydrogen) atoms. The van der Waals surface area contributed by atoms with Crippen LogP contribution in [0.15, 0.2) is 54.6 Å². The second-order valence-corrected chi connectivity index (χ2v) is 15.1. The lowest BCUT2D eigenvalue weighted by Crippen LogP contribution is -2.54. The van der Waals surface area contributed by atoms with Gasteiger partial charge in [0.1, 0.15) is 6.04 Å². The molecule has 8 rings (SSSR count). The van der Waals surface area contributed by atoms with Crippen molar-refractivity contribution in [1.29, 1.82) is 0 Å². The van der Waals surface area contributed by atoms with Crippen LogP contribution in [-0.4, -0.2) is 76.6 Å². The van der Waals surface area contributed by atoms with Crippen LogP contribution in [0.2, 0.25) is 5.02 Å². The highest BCUT2D eigenvalue weighted by Gasteiger charge is 2.45. The minimum atomic E-state index is -0.964. The van der Waals surface area contributed by atoms with Gasteiger partial charge in [0.15, 0.2) is 0 Å². The molecule has 12 nitrogen and oxygen atoms in total. The minimum Gasteiger partial charge on any atom is -0.382 e. The summed E-state index contributed by atoms with van der Waals surface area (Å²) in [6, 6.07) is 16.7. The zero-order valence-corrected chi connectivity index (χ0v) is 30.0. The van der Waals surface area contributed by atoms with Gasteiger partial charge in [0, 0.05) is 72.7 Å². The van der Waals surface area contributed by atoms with Gasteiger partial charge in [-0.1, -0.05) is 17.7 Å². The van der Waals surface area contributed by atoms with Crippen LogP contribution in [0.1, 0.15) is 93.6 Å². The standard InChI is InChI=1S/C40H40ClN7O5/c1-42-34-11-8-28(20-33(34)41)43-26-4-6-27(7-5-26)44-37(50)23-2-9-29(10-3-23)46-16-14-30(15-17-46)47-21-24-18-31-32(19-25(24)22-47)40(53)48(39(31)52)35-12-13-36(49)45-38(35)51/h2-3,8-11,18-20,26-27,30,35,43H,4-7,12-17,21-22H2,(H,44,50)(H,45,49,51). The molecular formula is C40H40ClN7O5. The molecule has 1 saturated carbocycles. The van der Waals surface area contributed by atoms with Gasteiger partial charge in [-0.25, -0.2) is 4.85 Å². The Hall–Kier alpha value is -5.25. The summed E-state index contributed by atoms with van der Waals surface area (Å²) in [5.41, 5.74) is 5.83. The molecule has 1 aliphatic carbocycles. The number of fused-ring (bicyclic) bond motifs is 2. The van der Waals surface area contributed by atoms with Crippen LogP contribution in [0.25, 0.3) is 4.85 Å². The van der Waals surface area contributed by atoms with Crippen molar-refractivity contribution in [3.05, 3.63) is 98.9 Å². The SMILES string of the molecule is [C-]#[N+]c1ccc(NC2CCC(NC(=O)c3ccc(N4CCC(N5Cc6cc7c(cc6C5)C(=O)N(C5CCC(=O)NC5=O)C7=O)CC4)cc3)CC2)cc1Cl. The summed E-state index contributed by atoms with van der Waals surface area (Å²) < 4.78 is 0. The number of hydrogen-bond donors (Lipinski definition) is 3. The van der Waals surface area contributed by atoms with Gasteiger partial charge in [-0.05, 0) is 105 Å². The maximum atomic E-state index is 13.3. The molecule has 5 amide bonds. The summed E-state index contributed by atoms with van der Waals surface area (Å²) in [6.45, 7) is 10.3. The third kappa shape index (κ3) is 6.87. The Kier molecular flexibility index (Phi) is 9.39. The van der Waals surface area contributed by atoms with Crippen molar-refractivity contribution in [2.24, 2.45) is 0 Å². The van der Waals surface area contributed by atoms with E-state index in [2.05, 4.69) is 30.6 Å². The van der Waals surface area contributed by atoms with E-state index in [9.17, 15) is 24.0 Å². The van der Waals surface area contributed by atoms with Crippen LogP contribution in [0, 0.1) is 6.57 Å². The highest BCUT2D eigenvalue weighted by molar-refractivity contribution is 6.33. The Morgan fingerprint density at radius 2 is 1.45 bits per heavy atom. The molecule has 0 spiro atoms. The number of piperidine rings is 2. The molecule has 2 saturated heterocycles. The molecule has 3 N–H and O–H groups in total. The topological polar surface area (TPSA) is 136 Å². The largest absolute Gasteiger partial charge is 0.382 e. The number of imide groups is 2. The average Bonchev–Trinajstić information content (AvgIpc) is 3.69. The lowest BCUT2D eigenvalue weighted by molar-refractivity contribution is -0.136. The molecule has 3 aromatic rings. The van der Waals surface area contributed by atoms with Gasteiger partial charge in [-0.15, -0.1) is 0 Å². The van der Waals surface area contributed by atoms with Crippen molar-refractivity contribution in [1.82, 2.24) is 20.4 Å². The highest BCUT2D eigenvalue weighted by Crippen LogP contribution is 2.36. The number of rotatable bonds is 7. The van der Waals surface area contributed by atoms with E-state index in [1.165, 1.54) is 0 Å². The molecular weight excluding hydrogens is 694 g/mol. The summed E-state index contributed by atoms with van der Waals surface area (Å²) in [6.07, 6.45) is 5.79. The van der Waals surface area contributed by atoms with Gasteiger partial charge in [0.05, 0.1) is 17.7 Å². The lowest BCUT2D eigenvalue weighted by Gasteiger charge is -2.37. The van der Waals surface area contributed by atoms with Crippen LogP contribution in [0.4, 0.5) is 17.1 Å². The van der Waals surface area contributed by atoms with E-state index in [0.717, 1.165) is 79.0 Å². The van der Waals surface area contributed by atoms with Gasteiger partial charge >= 0.3 is 0 Å². The van der Waals surface area contributed by atoms with Crippen molar-refractivity contribution in [3.63, 3.8) is 0 Å². The predicted octanol–water partition coefficient (Wildman–Crippen LogP) is 5.43. The van der Waals surface area contributed by atoms with Crippen molar-refractivity contribution < 1.29 is 24.0 Å². The molecule has 4 heterocycles. The fraction of sp³-hybridized carbons (Fsp3) is 0.400. The van der Waals surface area contributed by atoms with E-state index in [4.69, 9.17) is 18.2 Å². The van der Waals surface area contributed by atoms with Crippen LogP contribution in [0.5, 0.6) is 0 Å².